The van der Waals surface area contributed by atoms with Crippen LogP contribution in [0.1, 0.15) is 0 Å². The van der Waals surface area contributed by atoms with E-state index in [9.17, 15) is 8.78 Å². The molecule has 0 saturated heterocycles. The molecule has 6 heavy (non-hydrogen) atoms. The maximum absolute atomic E-state index is 10.9. The first-order chi connectivity index (χ1) is 2.64. The van der Waals surface area contributed by atoms with Crippen LogP contribution >= 0.6 is 0 Å². The fourth-order valence-electron chi connectivity index (χ4n) is 0. The summed E-state index contributed by atoms with van der Waals surface area (Å²) in [4.78, 5) is 9.00. The molecule has 0 amide bonds. The third kappa shape index (κ3) is 1.58. The van der Waals surface area contributed by atoms with Crippen LogP contribution in [0, 0.1) is 0 Å². The molecule has 3 heteroatoms. The highest BCUT2D eigenvalue weighted by molar-refractivity contribution is 5.83. The van der Waals surface area contributed by atoms with Crippen molar-refractivity contribution in [1.82, 2.24) is 0 Å². The molecular weight excluding hydrogens is 90.0 g/mol. The van der Waals surface area contributed by atoms with Crippen LogP contribution in [0.15, 0.2) is 12.4 Å². The second-order valence-electron chi connectivity index (χ2n) is 0.679. The molecule has 0 atom stereocenters. The fraction of sp³-hybridized carbons (Fsp3) is 0. The SMILES string of the molecule is C=C(F)C(=O)F. The van der Waals surface area contributed by atoms with Crippen LogP contribution in [0.5, 0.6) is 0 Å². The van der Waals surface area contributed by atoms with Crippen molar-refractivity contribution in [2.75, 3.05) is 0 Å². The molecule has 0 spiro atoms. The summed E-state index contributed by atoms with van der Waals surface area (Å²) < 4.78 is 21.6. The van der Waals surface area contributed by atoms with E-state index in [1.165, 1.54) is 0 Å². The Kier molecular flexibility index (Phi) is 1.44. The first kappa shape index (κ1) is 5.27. The van der Waals surface area contributed by atoms with Crippen LogP contribution in [0.25, 0.3) is 0 Å². The van der Waals surface area contributed by atoms with Crippen molar-refractivity contribution in [3.63, 3.8) is 0 Å². The van der Waals surface area contributed by atoms with Gasteiger partial charge in [0.1, 0.15) is 0 Å². The summed E-state index contributed by atoms with van der Waals surface area (Å²) in [6, 6.07) is -2.10. The van der Waals surface area contributed by atoms with Crippen LogP contribution in [0.3, 0.4) is 0 Å². The summed E-state index contributed by atoms with van der Waals surface area (Å²) in [5, 5.41) is 0. The lowest BCUT2D eigenvalue weighted by Gasteiger charge is -1.70. The monoisotopic (exact) mass is 92.0 g/mol. The van der Waals surface area contributed by atoms with Crippen molar-refractivity contribution in [1.29, 1.82) is 0 Å². The Morgan fingerprint density at radius 2 is 1.67 bits per heavy atom. The van der Waals surface area contributed by atoms with Gasteiger partial charge in [-0.1, -0.05) is 6.58 Å². The lowest BCUT2D eigenvalue weighted by Crippen LogP contribution is -1.81. The fourth-order valence-corrected chi connectivity index (χ4v) is 0. The summed E-state index contributed by atoms with van der Waals surface area (Å²) >= 11 is 0. The molecular formula is C3H2F2O. The summed E-state index contributed by atoms with van der Waals surface area (Å²) in [6.07, 6.45) is 0. The summed E-state index contributed by atoms with van der Waals surface area (Å²) in [5.41, 5.74) is 0. The zero-order valence-electron chi connectivity index (χ0n) is 2.87. The highest BCUT2D eigenvalue weighted by Gasteiger charge is 1.98. The maximum atomic E-state index is 10.9. The molecule has 0 heterocycles. The van der Waals surface area contributed by atoms with Gasteiger partial charge in [-0.05, 0) is 0 Å². The number of carbonyl (C=O) groups is 1. The summed E-state index contributed by atoms with van der Waals surface area (Å²) in [5.74, 6) is -1.55. The van der Waals surface area contributed by atoms with Crippen LogP contribution in [-0.2, 0) is 4.79 Å². The van der Waals surface area contributed by atoms with Gasteiger partial charge in [0.05, 0.1) is 0 Å². The van der Waals surface area contributed by atoms with E-state index in [0.29, 0.717) is 0 Å². The molecule has 0 aliphatic heterocycles. The second-order valence-corrected chi connectivity index (χ2v) is 0.679. The van der Waals surface area contributed by atoms with Gasteiger partial charge in [0.15, 0.2) is 5.83 Å². The minimum atomic E-state index is -2.10. The smallest absolute Gasteiger partial charge is 0.253 e. The zero-order chi connectivity index (χ0) is 5.15. The molecule has 0 aliphatic carbocycles. The van der Waals surface area contributed by atoms with Gasteiger partial charge in [0.2, 0.25) is 0 Å². The van der Waals surface area contributed by atoms with Crippen molar-refractivity contribution in [3.8, 4) is 0 Å². The van der Waals surface area contributed by atoms with E-state index in [4.69, 9.17) is 4.79 Å². The quantitative estimate of drug-likeness (QED) is 0.348. The zero-order valence-corrected chi connectivity index (χ0v) is 2.87. The maximum Gasteiger partial charge on any atom is 0.359 e. The average Bonchev–Trinajstić information content (AvgIpc) is 1.36. The second kappa shape index (κ2) is 1.64. The third-order valence-electron chi connectivity index (χ3n) is 0.213. The highest BCUT2D eigenvalue weighted by Crippen LogP contribution is 1.91. The predicted molar refractivity (Wildman–Crippen MR) is 16.4 cm³/mol. The van der Waals surface area contributed by atoms with Crippen LogP contribution < -0.4 is 0 Å². The molecule has 0 rings (SSSR count). The lowest BCUT2D eigenvalue weighted by molar-refractivity contribution is -0.126. The first-order valence-corrected chi connectivity index (χ1v) is 1.19. The van der Waals surface area contributed by atoms with E-state index in [2.05, 4.69) is 6.58 Å². The number of halogens is 2. The van der Waals surface area contributed by atoms with Gasteiger partial charge in [0, 0.05) is 0 Å². The topological polar surface area (TPSA) is 17.1 Å². The van der Waals surface area contributed by atoms with E-state index >= 15 is 0 Å². The molecule has 0 aliphatic rings. The van der Waals surface area contributed by atoms with Crippen LogP contribution in [0.4, 0.5) is 8.78 Å². The molecule has 0 aromatic rings. The Morgan fingerprint density at radius 1 is 1.50 bits per heavy atom. The van der Waals surface area contributed by atoms with E-state index in [-0.39, 0.29) is 0 Å². The van der Waals surface area contributed by atoms with Gasteiger partial charge in [0.25, 0.3) is 0 Å². The van der Waals surface area contributed by atoms with Gasteiger partial charge in [-0.15, -0.1) is 0 Å². The van der Waals surface area contributed by atoms with E-state index in [0.717, 1.165) is 0 Å². The molecule has 0 aromatic heterocycles. The highest BCUT2D eigenvalue weighted by atomic mass is 19.2. The standard InChI is InChI=1S/C3H2F2O/c1-2(4)3(5)6/h1H2. The Morgan fingerprint density at radius 3 is 1.67 bits per heavy atom. The molecule has 0 radical (unpaired) electrons. The minimum absolute atomic E-state index is 1.55. The predicted octanol–water partition coefficient (Wildman–Crippen LogP) is 0.966. The molecule has 34 valence electrons. The number of hydrogen-bond acceptors (Lipinski definition) is 1. The van der Waals surface area contributed by atoms with Gasteiger partial charge >= 0.3 is 6.04 Å². The van der Waals surface area contributed by atoms with Crippen molar-refractivity contribution in [3.05, 3.63) is 12.4 Å². The van der Waals surface area contributed by atoms with Crippen molar-refractivity contribution < 1.29 is 13.6 Å². The number of allylic oxidation sites excluding steroid dienone is 1. The van der Waals surface area contributed by atoms with Crippen molar-refractivity contribution in [2.45, 2.75) is 0 Å². The summed E-state index contributed by atoms with van der Waals surface area (Å²) in [7, 11) is 0. The van der Waals surface area contributed by atoms with Gasteiger partial charge in [-0.25, -0.2) is 4.39 Å². The van der Waals surface area contributed by atoms with Gasteiger partial charge < -0.3 is 0 Å². The Hall–Kier alpha value is -0.730. The number of hydrogen-bond donors (Lipinski definition) is 0. The third-order valence-corrected chi connectivity index (χ3v) is 0.213. The Balaban J connectivity index is 3.57. The average molecular weight is 92.0 g/mol. The van der Waals surface area contributed by atoms with E-state index in [1.54, 1.807) is 0 Å². The van der Waals surface area contributed by atoms with Crippen LogP contribution in [-0.4, -0.2) is 6.04 Å². The molecule has 0 fully saturated rings. The molecule has 0 bridgehead atoms. The first-order valence-electron chi connectivity index (χ1n) is 1.19. The van der Waals surface area contributed by atoms with Crippen LogP contribution in [0.2, 0.25) is 0 Å². The number of carbonyl (C=O) groups excluding carboxylic acids is 1. The normalized spacial score (nSPS) is 7.67. The largest absolute Gasteiger partial charge is 0.359 e. The lowest BCUT2D eigenvalue weighted by atomic mass is 10.7. The van der Waals surface area contributed by atoms with E-state index < -0.39 is 11.9 Å². The molecule has 0 saturated carbocycles. The molecule has 0 aromatic carbocycles. The molecule has 0 N–H and O–H groups in total. The van der Waals surface area contributed by atoms with E-state index in [1.807, 2.05) is 0 Å². The Bertz CT molecular complexity index is 74.8. The minimum Gasteiger partial charge on any atom is -0.253 e. The molecule has 1 nitrogen and oxygen atoms in total. The number of rotatable bonds is 1. The van der Waals surface area contributed by atoms with Gasteiger partial charge in [-0.3, -0.25) is 4.79 Å². The molecule has 0 unspecified atom stereocenters. The summed E-state index contributed by atoms with van der Waals surface area (Å²) in [6.45, 7) is 2.36. The van der Waals surface area contributed by atoms with Crippen molar-refractivity contribution >= 4 is 6.04 Å². The Labute approximate surface area is 33.3 Å². The van der Waals surface area contributed by atoms with Gasteiger partial charge in [-0.2, -0.15) is 4.39 Å². The van der Waals surface area contributed by atoms with Crippen molar-refractivity contribution in [2.24, 2.45) is 0 Å².